The molecule has 7 atom stereocenters. The van der Waals surface area contributed by atoms with Gasteiger partial charge in [0.05, 0.1) is 24.7 Å². The van der Waals surface area contributed by atoms with E-state index in [4.69, 9.17) is 14.2 Å². The number of amides is 3. The van der Waals surface area contributed by atoms with Crippen molar-refractivity contribution in [3.63, 3.8) is 0 Å². The van der Waals surface area contributed by atoms with Crippen LogP contribution < -0.4 is 15.1 Å². The molecule has 4 aliphatic heterocycles. The summed E-state index contributed by atoms with van der Waals surface area (Å²) in [5.41, 5.74) is 0.918. The maximum absolute atomic E-state index is 14.9. The maximum atomic E-state index is 14.9. The fraction of sp³-hybridized carbons (Fsp3) is 0.500. The van der Waals surface area contributed by atoms with Crippen LogP contribution in [0.15, 0.2) is 78.9 Å². The molecule has 4 heterocycles. The van der Waals surface area contributed by atoms with Gasteiger partial charge in [-0.1, -0.05) is 54.6 Å². The van der Waals surface area contributed by atoms with E-state index in [0.29, 0.717) is 30.5 Å². The van der Waals surface area contributed by atoms with Gasteiger partial charge in [0.2, 0.25) is 11.8 Å². The molecule has 2 aromatic rings. The van der Waals surface area contributed by atoms with E-state index >= 15 is 0 Å². The maximum Gasteiger partial charge on any atom is 0.313 e. The van der Waals surface area contributed by atoms with Crippen molar-refractivity contribution in [2.45, 2.75) is 69.4 Å². The molecule has 0 saturated carbocycles. The van der Waals surface area contributed by atoms with Crippen LogP contribution in [0.25, 0.3) is 0 Å². The first-order valence-electron chi connectivity index (χ1n) is 18.4. The second-order valence-electron chi connectivity index (χ2n) is 13.7. The summed E-state index contributed by atoms with van der Waals surface area (Å²) >= 11 is 0. The number of likely N-dealkylation sites (tertiary alicyclic amines) is 1. The second kappa shape index (κ2) is 16.4. The number of ether oxygens (including phenoxy) is 3. The summed E-state index contributed by atoms with van der Waals surface area (Å²) in [5.74, 6) is -3.72. The molecule has 0 bridgehead atoms. The van der Waals surface area contributed by atoms with Gasteiger partial charge in [0.25, 0.3) is 5.91 Å². The van der Waals surface area contributed by atoms with E-state index in [9.17, 15) is 24.3 Å². The fourth-order valence-electron chi connectivity index (χ4n) is 8.19. The Morgan fingerprint density at radius 2 is 1.73 bits per heavy atom. The molecule has 2 fully saturated rings. The van der Waals surface area contributed by atoms with Gasteiger partial charge in [-0.2, -0.15) is 0 Å². The molecule has 0 radical (unpaired) electrons. The Balaban J connectivity index is 1.41. The number of aliphatic hydroxyl groups is 1. The molecule has 4 aliphatic rings. The second-order valence-corrected chi connectivity index (χ2v) is 13.7. The van der Waals surface area contributed by atoms with E-state index in [-0.39, 0.29) is 50.4 Å². The Labute approximate surface area is 305 Å². The fourth-order valence-corrected chi connectivity index (χ4v) is 8.19. The SMILES string of the molecule is CCN(CC)c1ccc(N2CC=C[C@]34O[C@@H]5/C=C\CCC(=O)N[C@H](COC)[C@@H](c6ccccc6)OC(=O)[C@@H]5[C@H]3C(=O)N(CCCCO)[C@@H]4C2=O)cc1. The van der Waals surface area contributed by atoms with Crippen LogP contribution in [0.3, 0.4) is 0 Å². The number of allylic oxidation sites excluding steroid dienone is 1. The van der Waals surface area contributed by atoms with Gasteiger partial charge in [0.15, 0.2) is 0 Å². The Kier molecular flexibility index (Phi) is 11.8. The average molecular weight is 715 g/mol. The van der Waals surface area contributed by atoms with Crippen LogP contribution in [0.5, 0.6) is 0 Å². The number of hydrogen-bond acceptors (Lipinski definition) is 9. The average Bonchev–Trinajstić information content (AvgIpc) is 3.53. The first kappa shape index (κ1) is 37.2. The zero-order chi connectivity index (χ0) is 36.8. The number of aliphatic hydroxyl groups excluding tert-OH is 1. The summed E-state index contributed by atoms with van der Waals surface area (Å²) in [6, 6.07) is 15.2. The number of nitrogens with one attached hydrogen (secondary N) is 1. The monoisotopic (exact) mass is 714 g/mol. The van der Waals surface area contributed by atoms with E-state index in [1.807, 2.05) is 60.7 Å². The van der Waals surface area contributed by atoms with Crippen molar-refractivity contribution in [2.24, 2.45) is 11.8 Å². The summed E-state index contributed by atoms with van der Waals surface area (Å²) in [7, 11) is 1.51. The molecule has 12 heteroatoms. The van der Waals surface area contributed by atoms with Crippen LogP contribution >= 0.6 is 0 Å². The number of benzene rings is 2. The molecule has 12 nitrogen and oxygen atoms in total. The van der Waals surface area contributed by atoms with Crippen molar-refractivity contribution in [3.8, 4) is 0 Å². The lowest BCUT2D eigenvalue weighted by Crippen LogP contribution is -2.55. The first-order valence-corrected chi connectivity index (χ1v) is 18.4. The summed E-state index contributed by atoms with van der Waals surface area (Å²) in [6.07, 6.45) is 6.79. The number of nitrogens with zero attached hydrogens (tertiary/aromatic N) is 3. The van der Waals surface area contributed by atoms with Crippen LogP contribution in [-0.2, 0) is 33.4 Å². The summed E-state index contributed by atoms with van der Waals surface area (Å²) in [4.78, 5) is 62.7. The lowest BCUT2D eigenvalue weighted by molar-refractivity contribution is -0.162. The van der Waals surface area contributed by atoms with Gasteiger partial charge in [-0.15, -0.1) is 0 Å². The molecule has 0 aliphatic carbocycles. The number of methoxy groups -OCH3 is 1. The number of unbranched alkanes of at least 4 members (excludes halogenated alkanes) is 1. The largest absolute Gasteiger partial charge is 0.455 e. The molecular formula is C40H50N4O8. The zero-order valence-corrected chi connectivity index (χ0v) is 30.2. The normalized spacial score (nSPS) is 29.6. The highest BCUT2D eigenvalue weighted by Crippen LogP contribution is 2.53. The summed E-state index contributed by atoms with van der Waals surface area (Å²) < 4.78 is 18.6. The van der Waals surface area contributed by atoms with Gasteiger partial charge in [-0.25, -0.2) is 0 Å². The number of fused-ring (bicyclic) bond motifs is 2. The number of esters is 1. The van der Waals surface area contributed by atoms with Crippen molar-refractivity contribution in [1.29, 1.82) is 0 Å². The standard InChI is InChI=1S/C40H50N4O8/c1-4-42(5-2)28-18-20-29(21-19-28)43-24-13-22-40-34(37(47)44(23-11-12-25-45)36(40)38(43)48)33-31(52-40)16-9-10-17-32(46)41-30(26-50-3)35(51-39(33)49)27-14-7-6-8-15-27/h6-9,13-16,18-22,30-31,33-36,45H,4-5,10-12,17,23-26H2,1-3H3,(H,41,46)/b16-9-/t30-,31-,33+,34+,35-,36-,40+/m1/s1. The van der Waals surface area contributed by atoms with Gasteiger partial charge in [0, 0.05) is 57.7 Å². The summed E-state index contributed by atoms with van der Waals surface area (Å²) in [6.45, 7) is 6.35. The minimum Gasteiger partial charge on any atom is -0.455 e. The van der Waals surface area contributed by atoms with Crippen molar-refractivity contribution in [1.82, 2.24) is 10.2 Å². The highest BCUT2D eigenvalue weighted by Gasteiger charge is 2.71. The van der Waals surface area contributed by atoms with Crippen molar-refractivity contribution in [2.75, 3.05) is 56.3 Å². The van der Waals surface area contributed by atoms with E-state index < -0.39 is 47.7 Å². The number of carbonyl (C=O) groups excluding carboxylic acids is 4. The zero-order valence-electron chi connectivity index (χ0n) is 30.2. The Morgan fingerprint density at radius 1 is 0.981 bits per heavy atom. The minimum atomic E-state index is -1.47. The highest BCUT2D eigenvalue weighted by atomic mass is 16.6. The van der Waals surface area contributed by atoms with E-state index in [0.717, 1.165) is 18.8 Å². The summed E-state index contributed by atoms with van der Waals surface area (Å²) in [5, 5.41) is 12.6. The molecule has 2 aromatic carbocycles. The van der Waals surface area contributed by atoms with Crippen molar-refractivity contribution >= 4 is 35.1 Å². The van der Waals surface area contributed by atoms with Gasteiger partial charge < -0.3 is 39.3 Å². The predicted octanol–water partition coefficient (Wildman–Crippen LogP) is 3.55. The smallest absolute Gasteiger partial charge is 0.313 e. The lowest BCUT2D eigenvalue weighted by atomic mass is 9.77. The third kappa shape index (κ3) is 7.11. The first-order chi connectivity index (χ1) is 25.3. The molecular weight excluding hydrogens is 664 g/mol. The van der Waals surface area contributed by atoms with Crippen LogP contribution in [0.1, 0.15) is 51.2 Å². The number of cyclic esters (lactones) is 1. The minimum absolute atomic E-state index is 0.0570. The van der Waals surface area contributed by atoms with Crippen molar-refractivity contribution < 1.29 is 38.5 Å². The van der Waals surface area contributed by atoms with Crippen LogP contribution in [0, 0.1) is 11.8 Å². The molecule has 1 spiro atoms. The molecule has 278 valence electrons. The molecule has 0 unspecified atom stereocenters. The Hall–Kier alpha value is -4.52. The van der Waals surface area contributed by atoms with E-state index in [2.05, 4.69) is 24.1 Å². The number of carbonyl (C=O) groups is 4. The van der Waals surface area contributed by atoms with E-state index in [1.54, 1.807) is 28.0 Å². The van der Waals surface area contributed by atoms with Crippen LogP contribution in [0.2, 0.25) is 0 Å². The van der Waals surface area contributed by atoms with Gasteiger partial charge in [-0.05, 0) is 62.9 Å². The molecule has 2 N–H and O–H groups in total. The molecule has 6 rings (SSSR count). The van der Waals surface area contributed by atoms with Crippen molar-refractivity contribution in [3.05, 3.63) is 84.5 Å². The topological polar surface area (TPSA) is 138 Å². The van der Waals surface area contributed by atoms with E-state index in [1.165, 1.54) is 7.11 Å². The molecule has 52 heavy (non-hydrogen) atoms. The lowest BCUT2D eigenvalue weighted by Gasteiger charge is -2.35. The number of hydrogen-bond donors (Lipinski definition) is 2. The molecule has 3 amide bonds. The Morgan fingerprint density at radius 3 is 2.42 bits per heavy atom. The van der Waals surface area contributed by atoms with Gasteiger partial charge in [0.1, 0.15) is 23.7 Å². The van der Waals surface area contributed by atoms with Crippen LogP contribution in [0.4, 0.5) is 11.4 Å². The third-order valence-corrected chi connectivity index (χ3v) is 10.7. The predicted molar refractivity (Wildman–Crippen MR) is 195 cm³/mol. The molecule has 0 aromatic heterocycles. The highest BCUT2D eigenvalue weighted by molar-refractivity contribution is 6.05. The van der Waals surface area contributed by atoms with Crippen LogP contribution in [-0.4, -0.2) is 104 Å². The van der Waals surface area contributed by atoms with Gasteiger partial charge >= 0.3 is 5.97 Å². The number of anilines is 2. The number of rotatable bonds is 11. The molecule has 2 saturated heterocycles. The quantitative estimate of drug-likeness (QED) is 0.203. The van der Waals surface area contributed by atoms with Gasteiger partial charge in [-0.3, -0.25) is 19.2 Å². The third-order valence-electron chi connectivity index (χ3n) is 10.7. The Bertz CT molecular complexity index is 1640.